The van der Waals surface area contributed by atoms with Gasteiger partial charge in [-0.25, -0.2) is 0 Å². The van der Waals surface area contributed by atoms with Gasteiger partial charge in [-0.2, -0.15) is 13.2 Å². The summed E-state index contributed by atoms with van der Waals surface area (Å²) >= 11 is 0. The Morgan fingerprint density at radius 1 is 1.23 bits per heavy atom. The minimum Gasteiger partial charge on any atom is -0.484 e. The summed E-state index contributed by atoms with van der Waals surface area (Å²) in [6.45, 7) is 7.60. The maximum absolute atomic E-state index is 12.3. The van der Waals surface area contributed by atoms with Gasteiger partial charge < -0.3 is 20.1 Å². The van der Waals surface area contributed by atoms with E-state index in [0.717, 1.165) is 38.4 Å². The molecule has 0 amide bonds. The van der Waals surface area contributed by atoms with Gasteiger partial charge in [-0.05, 0) is 23.6 Å². The van der Waals surface area contributed by atoms with Gasteiger partial charge >= 0.3 is 6.18 Å². The molecule has 1 heterocycles. The molecule has 1 aliphatic rings. The fraction of sp³-hybridized carbons (Fsp3) is 0.650. The number of ether oxygens (including phenoxy) is 2. The fourth-order valence-corrected chi connectivity index (χ4v) is 3.21. The minimum atomic E-state index is -4.35. The zero-order valence-corrected chi connectivity index (χ0v) is 20.0. The Morgan fingerprint density at radius 3 is 2.53 bits per heavy atom. The van der Waals surface area contributed by atoms with Gasteiger partial charge in [0.25, 0.3) is 0 Å². The fourth-order valence-electron chi connectivity index (χ4n) is 3.21. The lowest BCUT2D eigenvalue weighted by Gasteiger charge is -2.37. The van der Waals surface area contributed by atoms with Crippen LogP contribution in [0.15, 0.2) is 29.3 Å². The van der Waals surface area contributed by atoms with Gasteiger partial charge in [-0.15, -0.1) is 24.0 Å². The lowest BCUT2D eigenvalue weighted by atomic mass is 10.0. The van der Waals surface area contributed by atoms with E-state index >= 15 is 0 Å². The van der Waals surface area contributed by atoms with Gasteiger partial charge in [0.1, 0.15) is 5.75 Å². The monoisotopic (exact) mass is 544 g/mol. The van der Waals surface area contributed by atoms with Gasteiger partial charge in [0, 0.05) is 39.3 Å². The molecule has 1 atom stereocenters. The van der Waals surface area contributed by atoms with E-state index < -0.39 is 12.8 Å². The molecule has 2 N–H and O–H groups in total. The summed E-state index contributed by atoms with van der Waals surface area (Å²) in [4.78, 5) is 6.67. The van der Waals surface area contributed by atoms with E-state index in [1.807, 2.05) is 6.07 Å². The van der Waals surface area contributed by atoms with Crippen molar-refractivity contribution < 1.29 is 22.6 Å². The predicted octanol–water partition coefficient (Wildman–Crippen LogP) is 3.27. The van der Waals surface area contributed by atoms with Crippen LogP contribution in [-0.2, 0) is 11.3 Å². The Morgan fingerprint density at radius 2 is 1.93 bits per heavy atom. The number of morpholine rings is 1. The predicted molar refractivity (Wildman–Crippen MR) is 123 cm³/mol. The number of hydrogen-bond donors (Lipinski definition) is 2. The summed E-state index contributed by atoms with van der Waals surface area (Å²) in [5.41, 5.74) is 0.807. The first-order chi connectivity index (χ1) is 13.8. The molecule has 1 aliphatic heterocycles. The molecule has 0 aliphatic carbocycles. The van der Waals surface area contributed by atoms with Gasteiger partial charge in [-0.1, -0.05) is 26.0 Å². The number of alkyl halides is 3. The van der Waals surface area contributed by atoms with Crippen LogP contribution in [0.2, 0.25) is 0 Å². The molecule has 2 rings (SSSR count). The second kappa shape index (κ2) is 13.2. The molecule has 0 aromatic heterocycles. The molecule has 6 nitrogen and oxygen atoms in total. The molecule has 1 aromatic carbocycles. The van der Waals surface area contributed by atoms with Crippen LogP contribution in [-0.4, -0.2) is 69.6 Å². The molecule has 0 spiro atoms. The molecule has 1 fully saturated rings. The van der Waals surface area contributed by atoms with Gasteiger partial charge in [-0.3, -0.25) is 9.89 Å². The van der Waals surface area contributed by atoms with Crippen LogP contribution in [0, 0.1) is 5.92 Å². The highest BCUT2D eigenvalue weighted by Crippen LogP contribution is 2.19. The smallest absolute Gasteiger partial charge is 0.422 e. The van der Waals surface area contributed by atoms with Crippen LogP contribution in [0.1, 0.15) is 19.4 Å². The summed E-state index contributed by atoms with van der Waals surface area (Å²) in [5.74, 6) is 1.31. The van der Waals surface area contributed by atoms with Crippen LogP contribution < -0.4 is 15.4 Å². The lowest BCUT2D eigenvalue weighted by molar-refractivity contribution is -0.153. The maximum Gasteiger partial charge on any atom is 0.422 e. The summed E-state index contributed by atoms with van der Waals surface area (Å²) < 4.78 is 47.2. The van der Waals surface area contributed by atoms with Gasteiger partial charge in [0.15, 0.2) is 12.6 Å². The topological polar surface area (TPSA) is 58.1 Å². The third kappa shape index (κ3) is 9.69. The first-order valence-electron chi connectivity index (χ1n) is 9.83. The number of rotatable bonds is 8. The number of nitrogens with zero attached hydrogens (tertiary/aromatic N) is 2. The van der Waals surface area contributed by atoms with E-state index in [0.29, 0.717) is 24.5 Å². The van der Waals surface area contributed by atoms with Crippen LogP contribution in [0.4, 0.5) is 13.2 Å². The molecule has 0 radical (unpaired) electrons. The average Bonchev–Trinajstić information content (AvgIpc) is 2.69. The zero-order valence-electron chi connectivity index (χ0n) is 17.7. The van der Waals surface area contributed by atoms with E-state index in [1.165, 1.54) is 6.07 Å². The van der Waals surface area contributed by atoms with Crippen LogP contribution in [0.25, 0.3) is 0 Å². The molecule has 1 saturated heterocycles. The lowest BCUT2D eigenvalue weighted by Crippen LogP contribution is -2.52. The van der Waals surface area contributed by atoms with Crippen molar-refractivity contribution in [3.63, 3.8) is 0 Å². The van der Waals surface area contributed by atoms with Gasteiger partial charge in [0.05, 0.1) is 13.2 Å². The van der Waals surface area contributed by atoms with Crippen molar-refractivity contribution in [1.82, 2.24) is 15.5 Å². The zero-order chi connectivity index (χ0) is 21.3. The van der Waals surface area contributed by atoms with Crippen molar-refractivity contribution in [3.8, 4) is 5.75 Å². The number of guanidine groups is 1. The van der Waals surface area contributed by atoms with Crippen molar-refractivity contribution in [2.24, 2.45) is 10.9 Å². The third-order valence-electron chi connectivity index (χ3n) is 4.75. The summed E-state index contributed by atoms with van der Waals surface area (Å²) in [6.07, 6.45) is -4.35. The van der Waals surface area contributed by atoms with E-state index in [4.69, 9.17) is 9.47 Å². The summed E-state index contributed by atoms with van der Waals surface area (Å²) in [6, 6.07) is 6.96. The van der Waals surface area contributed by atoms with Crippen molar-refractivity contribution in [2.75, 3.05) is 46.5 Å². The van der Waals surface area contributed by atoms with Crippen LogP contribution in [0.5, 0.6) is 5.75 Å². The number of hydrogen-bond acceptors (Lipinski definition) is 4. The molecule has 30 heavy (non-hydrogen) atoms. The largest absolute Gasteiger partial charge is 0.484 e. The number of nitrogens with one attached hydrogen (secondary N) is 2. The summed E-state index contributed by atoms with van der Waals surface area (Å²) in [5, 5.41) is 6.55. The van der Waals surface area contributed by atoms with Crippen molar-refractivity contribution in [3.05, 3.63) is 29.8 Å². The van der Waals surface area contributed by atoms with Crippen molar-refractivity contribution in [2.45, 2.75) is 32.6 Å². The SMILES string of the molecule is CN=C(NCc1cccc(OCC(F)(F)F)c1)NCC(C(C)C)N1CCOCC1.I. The van der Waals surface area contributed by atoms with E-state index in [1.54, 1.807) is 19.2 Å². The third-order valence-corrected chi connectivity index (χ3v) is 4.75. The Labute approximate surface area is 193 Å². The Balaban J connectivity index is 0.00000450. The molecule has 1 unspecified atom stereocenters. The molecule has 0 bridgehead atoms. The van der Waals surface area contributed by atoms with Crippen molar-refractivity contribution >= 4 is 29.9 Å². The highest BCUT2D eigenvalue weighted by atomic mass is 127. The minimum absolute atomic E-state index is 0. The molecule has 1 aromatic rings. The van der Waals surface area contributed by atoms with E-state index in [-0.39, 0.29) is 29.7 Å². The van der Waals surface area contributed by atoms with Crippen molar-refractivity contribution in [1.29, 1.82) is 0 Å². The van der Waals surface area contributed by atoms with Crippen LogP contribution >= 0.6 is 24.0 Å². The molecule has 0 saturated carbocycles. The normalized spacial score (nSPS) is 16.7. The van der Waals surface area contributed by atoms with E-state index in [9.17, 15) is 13.2 Å². The quantitative estimate of drug-likeness (QED) is 0.299. The summed E-state index contributed by atoms with van der Waals surface area (Å²) in [7, 11) is 1.69. The molecule has 172 valence electrons. The second-order valence-electron chi connectivity index (χ2n) is 7.32. The van der Waals surface area contributed by atoms with Crippen LogP contribution in [0.3, 0.4) is 0 Å². The Kier molecular flexibility index (Phi) is 11.8. The number of benzene rings is 1. The number of halogens is 4. The molecule has 10 heteroatoms. The Hall–Kier alpha value is -1.27. The molecular weight excluding hydrogens is 512 g/mol. The first-order valence-corrected chi connectivity index (χ1v) is 9.83. The number of aliphatic imine (C=N–C) groups is 1. The Bertz CT molecular complexity index is 653. The molecular formula is C20H32F3IN4O2. The second-order valence-corrected chi connectivity index (χ2v) is 7.32. The van der Waals surface area contributed by atoms with E-state index in [2.05, 4.69) is 34.4 Å². The highest BCUT2D eigenvalue weighted by Gasteiger charge is 2.28. The average molecular weight is 544 g/mol. The standard InChI is InChI=1S/C20H31F3N4O2.HI/c1-15(2)18(27-7-9-28-10-8-27)13-26-19(24-3)25-12-16-5-4-6-17(11-16)29-14-20(21,22)23;/h4-6,11,15,18H,7-10,12-14H2,1-3H3,(H2,24,25,26);1H. The first kappa shape index (κ1) is 26.8. The maximum atomic E-state index is 12.3. The highest BCUT2D eigenvalue weighted by molar-refractivity contribution is 14.0. The van der Waals surface area contributed by atoms with Gasteiger partial charge in [0.2, 0.25) is 0 Å².